The summed E-state index contributed by atoms with van der Waals surface area (Å²) in [4.78, 5) is 36.5. The van der Waals surface area contributed by atoms with Crippen molar-refractivity contribution in [2.45, 2.75) is 37.8 Å². The number of hydrogen-bond acceptors (Lipinski definition) is 7. The molecule has 0 saturated carbocycles. The number of halogens is 7. The monoisotopic (exact) mass is 672 g/mol. The SMILES string of the molecule is COC(=O)C1CCN(C(=O)OC)C(c2cc(F)c(Cl)c(F)c2)C1.COC(=O)C1CCNC(c2cc(F)c(Cl)c(F)c2)C1.Cl. The van der Waals surface area contributed by atoms with E-state index in [1.54, 1.807) is 0 Å². The Morgan fingerprint density at radius 1 is 0.767 bits per heavy atom. The van der Waals surface area contributed by atoms with Crippen LogP contribution in [-0.2, 0) is 23.8 Å². The lowest BCUT2D eigenvalue weighted by Crippen LogP contribution is -2.43. The standard InChI is InChI=1S/C15H16ClF2NO4.C13H14ClF2NO2.ClH/c1-22-14(20)8-3-4-19(15(21)23-2)12(7-8)9-5-10(17)13(16)11(18)6-9;1-19-13(18)7-2-3-17-11(6-7)8-4-9(15)12(14)10(16)5-8;/h5-6,8,12H,3-4,7H2,1-2H3;4-5,7,11,17H,2-3,6H2,1H3;1H. The van der Waals surface area contributed by atoms with Crippen molar-refractivity contribution in [2.24, 2.45) is 11.8 Å². The summed E-state index contributed by atoms with van der Waals surface area (Å²) in [5, 5.41) is 2.01. The maximum absolute atomic E-state index is 13.7. The van der Waals surface area contributed by atoms with E-state index in [0.717, 1.165) is 12.1 Å². The van der Waals surface area contributed by atoms with Gasteiger partial charge in [0.25, 0.3) is 0 Å². The van der Waals surface area contributed by atoms with Gasteiger partial charge in [-0.2, -0.15) is 0 Å². The molecule has 2 aromatic carbocycles. The molecule has 0 bridgehead atoms. The summed E-state index contributed by atoms with van der Waals surface area (Å²) in [7, 11) is 3.82. The molecule has 4 atom stereocenters. The molecule has 8 nitrogen and oxygen atoms in total. The van der Waals surface area contributed by atoms with Crippen LogP contribution in [0.5, 0.6) is 0 Å². The van der Waals surface area contributed by atoms with Crippen molar-refractivity contribution in [1.29, 1.82) is 0 Å². The zero-order valence-electron chi connectivity index (χ0n) is 23.4. The molecule has 0 aliphatic carbocycles. The van der Waals surface area contributed by atoms with Gasteiger partial charge in [-0.05, 0) is 67.6 Å². The van der Waals surface area contributed by atoms with Crippen molar-refractivity contribution in [1.82, 2.24) is 10.2 Å². The first-order valence-electron chi connectivity index (χ1n) is 12.9. The van der Waals surface area contributed by atoms with Gasteiger partial charge in [-0.15, -0.1) is 12.4 Å². The highest BCUT2D eigenvalue weighted by Crippen LogP contribution is 2.37. The number of ether oxygens (including phenoxy) is 3. The summed E-state index contributed by atoms with van der Waals surface area (Å²) in [5.41, 5.74) is 0.663. The Morgan fingerprint density at radius 3 is 1.70 bits per heavy atom. The average Bonchev–Trinajstić information content (AvgIpc) is 3.00. The third kappa shape index (κ3) is 8.87. The lowest BCUT2D eigenvalue weighted by molar-refractivity contribution is -0.148. The van der Waals surface area contributed by atoms with Crippen LogP contribution in [0.25, 0.3) is 0 Å². The summed E-state index contributed by atoms with van der Waals surface area (Å²) in [6, 6.07) is 3.53. The molecule has 2 fully saturated rings. The summed E-state index contributed by atoms with van der Waals surface area (Å²) in [6.45, 7) is 0.805. The van der Waals surface area contributed by atoms with Gasteiger partial charge in [0.15, 0.2) is 0 Å². The number of benzene rings is 2. The molecule has 1 amide bonds. The Kier molecular flexibility index (Phi) is 13.8. The van der Waals surface area contributed by atoms with Crippen LogP contribution in [-0.4, -0.2) is 57.4 Å². The predicted molar refractivity (Wildman–Crippen MR) is 152 cm³/mol. The number of nitrogens with zero attached hydrogens (tertiary/aromatic N) is 1. The zero-order valence-corrected chi connectivity index (χ0v) is 25.8. The van der Waals surface area contributed by atoms with Gasteiger partial charge in [-0.1, -0.05) is 23.2 Å². The van der Waals surface area contributed by atoms with Crippen molar-refractivity contribution in [3.05, 3.63) is 68.7 Å². The number of likely N-dealkylation sites (tertiary alicyclic amines) is 1. The number of methoxy groups -OCH3 is 3. The Hall–Kier alpha value is -2.80. The van der Waals surface area contributed by atoms with E-state index in [1.807, 2.05) is 0 Å². The van der Waals surface area contributed by atoms with E-state index in [-0.39, 0.29) is 48.9 Å². The summed E-state index contributed by atoms with van der Waals surface area (Å²) in [5.74, 6) is -4.86. The molecule has 2 aromatic rings. The average molecular weight is 674 g/mol. The quantitative estimate of drug-likeness (QED) is 0.170. The Morgan fingerprint density at radius 2 is 1.23 bits per heavy atom. The Labute approximate surface area is 262 Å². The lowest BCUT2D eigenvalue weighted by atomic mass is 9.87. The zero-order chi connectivity index (χ0) is 31.1. The maximum atomic E-state index is 13.7. The van der Waals surface area contributed by atoms with E-state index >= 15 is 0 Å². The molecule has 15 heteroatoms. The van der Waals surface area contributed by atoms with E-state index < -0.39 is 57.3 Å². The molecule has 1 N–H and O–H groups in total. The number of piperidine rings is 2. The number of amides is 1. The molecule has 4 rings (SSSR count). The number of nitrogens with one attached hydrogen (secondary N) is 1. The van der Waals surface area contributed by atoms with Gasteiger partial charge in [0.2, 0.25) is 0 Å². The molecule has 0 spiro atoms. The summed E-state index contributed by atoms with van der Waals surface area (Å²) >= 11 is 10.9. The summed E-state index contributed by atoms with van der Waals surface area (Å²) < 4.78 is 68.4. The second-order valence-electron chi connectivity index (χ2n) is 9.77. The highest BCUT2D eigenvalue weighted by Gasteiger charge is 2.37. The molecule has 2 aliphatic heterocycles. The highest BCUT2D eigenvalue weighted by molar-refractivity contribution is 6.31. The van der Waals surface area contributed by atoms with Crippen LogP contribution in [0.2, 0.25) is 10.0 Å². The first-order chi connectivity index (χ1) is 19.9. The van der Waals surface area contributed by atoms with E-state index in [4.69, 9.17) is 37.4 Å². The largest absolute Gasteiger partial charge is 0.469 e. The van der Waals surface area contributed by atoms with Gasteiger partial charge in [-0.3, -0.25) is 9.59 Å². The lowest BCUT2D eigenvalue weighted by Gasteiger charge is -2.37. The maximum Gasteiger partial charge on any atom is 0.409 e. The van der Waals surface area contributed by atoms with Crippen molar-refractivity contribution in [3.8, 4) is 0 Å². The minimum atomic E-state index is -0.924. The van der Waals surface area contributed by atoms with Crippen molar-refractivity contribution >= 4 is 53.6 Å². The minimum Gasteiger partial charge on any atom is -0.469 e. The van der Waals surface area contributed by atoms with Crippen molar-refractivity contribution in [3.63, 3.8) is 0 Å². The second-order valence-corrected chi connectivity index (χ2v) is 10.5. The molecule has 2 aliphatic rings. The molecule has 0 aromatic heterocycles. The fourth-order valence-electron chi connectivity index (χ4n) is 5.09. The normalized spacial score (nSPS) is 21.5. The van der Waals surface area contributed by atoms with E-state index in [0.29, 0.717) is 31.4 Å². The smallest absolute Gasteiger partial charge is 0.409 e. The molecular weight excluding hydrogens is 643 g/mol. The van der Waals surface area contributed by atoms with Gasteiger partial charge in [0.1, 0.15) is 33.3 Å². The molecule has 0 radical (unpaired) electrons. The molecular formula is C28H31Cl3F4N2O6. The third-order valence-corrected chi connectivity index (χ3v) is 8.01. The first kappa shape index (κ1) is 36.4. The number of carbonyl (C=O) groups excluding carboxylic acids is 3. The summed E-state index contributed by atoms with van der Waals surface area (Å²) in [6.07, 6.45) is 1.04. The molecule has 238 valence electrons. The third-order valence-electron chi connectivity index (χ3n) is 7.28. The van der Waals surface area contributed by atoms with Crippen LogP contribution < -0.4 is 5.32 Å². The van der Waals surface area contributed by atoms with Gasteiger partial charge in [0, 0.05) is 12.6 Å². The predicted octanol–water partition coefficient (Wildman–Crippen LogP) is 6.56. The topological polar surface area (TPSA) is 94.2 Å². The van der Waals surface area contributed by atoms with E-state index in [2.05, 4.69) is 5.32 Å². The second kappa shape index (κ2) is 16.3. The minimum absolute atomic E-state index is 0. The van der Waals surface area contributed by atoms with Crippen LogP contribution in [0.4, 0.5) is 22.4 Å². The van der Waals surface area contributed by atoms with Gasteiger partial charge < -0.3 is 24.4 Å². The van der Waals surface area contributed by atoms with Crippen LogP contribution in [0.1, 0.15) is 48.9 Å². The number of esters is 2. The van der Waals surface area contributed by atoms with Gasteiger partial charge >= 0.3 is 18.0 Å². The van der Waals surface area contributed by atoms with Crippen LogP contribution in [0, 0.1) is 35.1 Å². The van der Waals surface area contributed by atoms with Crippen LogP contribution >= 0.6 is 35.6 Å². The highest BCUT2D eigenvalue weighted by atomic mass is 35.5. The molecule has 2 saturated heterocycles. The van der Waals surface area contributed by atoms with Crippen LogP contribution in [0.15, 0.2) is 24.3 Å². The van der Waals surface area contributed by atoms with E-state index in [9.17, 15) is 31.9 Å². The molecule has 43 heavy (non-hydrogen) atoms. The fraction of sp³-hybridized carbons (Fsp3) is 0.464. The fourth-order valence-corrected chi connectivity index (χ4v) is 5.31. The first-order valence-corrected chi connectivity index (χ1v) is 13.7. The number of carbonyl (C=O) groups is 3. The van der Waals surface area contributed by atoms with Gasteiger partial charge in [0.05, 0.1) is 39.2 Å². The number of hydrogen-bond donors (Lipinski definition) is 1. The Balaban J connectivity index is 0.000000298. The number of rotatable bonds is 4. The van der Waals surface area contributed by atoms with E-state index in [1.165, 1.54) is 38.4 Å². The van der Waals surface area contributed by atoms with Crippen molar-refractivity contribution < 1.29 is 46.2 Å². The van der Waals surface area contributed by atoms with Gasteiger partial charge in [-0.25, -0.2) is 22.4 Å². The molecule has 4 unspecified atom stereocenters. The Bertz CT molecular complexity index is 1280. The molecule has 2 heterocycles. The van der Waals surface area contributed by atoms with Crippen LogP contribution in [0.3, 0.4) is 0 Å². The van der Waals surface area contributed by atoms with Crippen molar-refractivity contribution in [2.75, 3.05) is 34.4 Å².